The van der Waals surface area contributed by atoms with Gasteiger partial charge < -0.3 is 14.6 Å². The number of para-hydroxylation sites is 1. The fourth-order valence-corrected chi connectivity index (χ4v) is 3.27. The lowest BCUT2D eigenvalue weighted by Crippen LogP contribution is -2.44. The molecule has 0 atom stereocenters. The minimum Gasteiger partial charge on any atom is -0.506 e. The number of phenols is 1. The summed E-state index contributed by atoms with van der Waals surface area (Å²) in [5.41, 5.74) is 2.27. The van der Waals surface area contributed by atoms with Gasteiger partial charge in [-0.15, -0.1) is 0 Å². The van der Waals surface area contributed by atoms with Crippen LogP contribution in [0.4, 0.5) is 0 Å². The number of benzene rings is 1. The van der Waals surface area contributed by atoms with E-state index in [2.05, 4.69) is 47.4 Å². The number of hydrogen-bond donors (Lipinski definition) is 1. The molecule has 2 heterocycles. The summed E-state index contributed by atoms with van der Waals surface area (Å²) < 4.78 is 2.28. The molecule has 0 saturated carbocycles. The fraction of sp³-hybridized carbons (Fsp3) is 0.529. The number of likely N-dealkylation sites (N-methyl/N-ethyl adjacent to an activating group) is 1. The zero-order valence-electron chi connectivity index (χ0n) is 13.2. The quantitative estimate of drug-likeness (QED) is 0.942. The normalized spacial score (nSPS) is 17.9. The number of aromatic nitrogens is 1. The van der Waals surface area contributed by atoms with Crippen LogP contribution in [0.15, 0.2) is 24.3 Å². The van der Waals surface area contributed by atoms with Gasteiger partial charge in [-0.3, -0.25) is 4.90 Å². The Morgan fingerprint density at radius 3 is 2.52 bits per heavy atom. The predicted molar refractivity (Wildman–Crippen MR) is 86.8 cm³/mol. The van der Waals surface area contributed by atoms with E-state index in [1.807, 2.05) is 6.07 Å². The Morgan fingerprint density at radius 2 is 1.86 bits per heavy atom. The second-order valence-corrected chi connectivity index (χ2v) is 6.39. The summed E-state index contributed by atoms with van der Waals surface area (Å²) in [7, 11) is 2.18. The first-order chi connectivity index (χ1) is 10.1. The van der Waals surface area contributed by atoms with Crippen LogP contribution in [-0.4, -0.2) is 52.7 Å². The van der Waals surface area contributed by atoms with E-state index in [0.717, 1.165) is 43.6 Å². The molecule has 21 heavy (non-hydrogen) atoms. The average Bonchev–Trinajstić information content (AvgIpc) is 2.81. The van der Waals surface area contributed by atoms with Crippen LogP contribution in [0.3, 0.4) is 0 Å². The summed E-state index contributed by atoms with van der Waals surface area (Å²) in [6.07, 6.45) is 0. The number of aromatic hydroxyl groups is 1. The van der Waals surface area contributed by atoms with Gasteiger partial charge in [-0.25, -0.2) is 0 Å². The first-order valence-corrected chi connectivity index (χ1v) is 7.79. The van der Waals surface area contributed by atoms with Crippen LogP contribution in [0.5, 0.6) is 5.75 Å². The van der Waals surface area contributed by atoms with Crippen molar-refractivity contribution in [3.8, 4) is 5.75 Å². The third-order valence-electron chi connectivity index (χ3n) is 4.42. The van der Waals surface area contributed by atoms with Crippen molar-refractivity contribution in [2.45, 2.75) is 26.4 Å². The largest absolute Gasteiger partial charge is 0.506 e. The van der Waals surface area contributed by atoms with Crippen molar-refractivity contribution < 1.29 is 5.11 Å². The van der Waals surface area contributed by atoms with E-state index < -0.39 is 0 Å². The molecule has 1 saturated heterocycles. The molecule has 0 unspecified atom stereocenters. The van der Waals surface area contributed by atoms with Crippen LogP contribution in [0.25, 0.3) is 10.9 Å². The lowest BCUT2D eigenvalue weighted by Gasteiger charge is -2.32. The summed E-state index contributed by atoms with van der Waals surface area (Å²) in [4.78, 5) is 4.88. The van der Waals surface area contributed by atoms with E-state index in [1.165, 1.54) is 5.69 Å². The number of fused-ring (bicyclic) bond motifs is 1. The first-order valence-electron chi connectivity index (χ1n) is 7.79. The van der Waals surface area contributed by atoms with Crippen LogP contribution >= 0.6 is 0 Å². The molecule has 1 aromatic heterocycles. The molecule has 0 amide bonds. The topological polar surface area (TPSA) is 31.6 Å². The molecule has 1 fully saturated rings. The number of piperazine rings is 1. The molecule has 0 bridgehead atoms. The molecule has 0 radical (unpaired) electrons. The van der Waals surface area contributed by atoms with Gasteiger partial charge in [0, 0.05) is 49.8 Å². The van der Waals surface area contributed by atoms with Crippen molar-refractivity contribution in [3.63, 3.8) is 0 Å². The monoisotopic (exact) mass is 287 g/mol. The maximum atomic E-state index is 10.2. The molecule has 3 rings (SSSR count). The highest BCUT2D eigenvalue weighted by Gasteiger charge is 2.19. The molecule has 114 valence electrons. The fourth-order valence-electron chi connectivity index (χ4n) is 3.27. The SMILES string of the molecule is CC(C)n1c(CN2CCN(C)CC2)cc2cccc(O)c21. The Hall–Kier alpha value is -1.52. The van der Waals surface area contributed by atoms with Crippen molar-refractivity contribution in [1.29, 1.82) is 0 Å². The molecule has 0 spiro atoms. The van der Waals surface area contributed by atoms with Gasteiger partial charge in [0.15, 0.2) is 0 Å². The molecule has 4 nitrogen and oxygen atoms in total. The van der Waals surface area contributed by atoms with Crippen molar-refractivity contribution in [2.24, 2.45) is 0 Å². The second kappa shape index (κ2) is 5.70. The highest BCUT2D eigenvalue weighted by Crippen LogP contribution is 2.31. The number of nitrogens with zero attached hydrogens (tertiary/aromatic N) is 3. The Bertz CT molecular complexity index is 624. The van der Waals surface area contributed by atoms with Crippen molar-refractivity contribution in [1.82, 2.24) is 14.4 Å². The maximum absolute atomic E-state index is 10.2. The Morgan fingerprint density at radius 1 is 1.14 bits per heavy atom. The van der Waals surface area contributed by atoms with Gasteiger partial charge in [0.1, 0.15) is 5.75 Å². The van der Waals surface area contributed by atoms with Crippen LogP contribution < -0.4 is 0 Å². The van der Waals surface area contributed by atoms with Gasteiger partial charge in [-0.2, -0.15) is 0 Å². The summed E-state index contributed by atoms with van der Waals surface area (Å²) >= 11 is 0. The molecular formula is C17H25N3O. The van der Waals surface area contributed by atoms with Crippen molar-refractivity contribution in [2.75, 3.05) is 33.2 Å². The predicted octanol–water partition coefficient (Wildman–Crippen LogP) is 2.68. The second-order valence-electron chi connectivity index (χ2n) is 6.39. The lowest BCUT2D eigenvalue weighted by atomic mass is 10.2. The maximum Gasteiger partial charge on any atom is 0.139 e. The standard InChI is InChI=1S/C17H25N3O/c1-13(2)20-15(12-19-9-7-18(3)8-10-19)11-14-5-4-6-16(21)17(14)20/h4-6,11,13,21H,7-10,12H2,1-3H3. The third-order valence-corrected chi connectivity index (χ3v) is 4.42. The number of phenolic OH excluding ortho intramolecular Hbond substituents is 1. The van der Waals surface area contributed by atoms with E-state index in [9.17, 15) is 5.11 Å². The van der Waals surface area contributed by atoms with E-state index in [4.69, 9.17) is 0 Å². The average molecular weight is 287 g/mol. The lowest BCUT2D eigenvalue weighted by molar-refractivity contribution is 0.145. The zero-order valence-corrected chi connectivity index (χ0v) is 13.2. The molecule has 2 aromatic rings. The minimum absolute atomic E-state index is 0.346. The highest BCUT2D eigenvalue weighted by atomic mass is 16.3. The molecule has 1 aliphatic rings. The van der Waals surface area contributed by atoms with Crippen LogP contribution in [-0.2, 0) is 6.54 Å². The van der Waals surface area contributed by atoms with E-state index in [-0.39, 0.29) is 0 Å². The molecular weight excluding hydrogens is 262 g/mol. The number of hydrogen-bond acceptors (Lipinski definition) is 3. The van der Waals surface area contributed by atoms with Gasteiger partial charge in [0.2, 0.25) is 0 Å². The molecule has 1 aromatic carbocycles. The summed E-state index contributed by atoms with van der Waals surface area (Å²) in [6, 6.07) is 8.36. The molecule has 4 heteroatoms. The Balaban J connectivity index is 1.94. The first kappa shape index (κ1) is 14.4. The molecule has 1 aliphatic heterocycles. The molecule has 0 aliphatic carbocycles. The number of rotatable bonds is 3. The van der Waals surface area contributed by atoms with Gasteiger partial charge in [-0.1, -0.05) is 12.1 Å². The van der Waals surface area contributed by atoms with Crippen LogP contribution in [0.2, 0.25) is 0 Å². The zero-order chi connectivity index (χ0) is 15.0. The smallest absolute Gasteiger partial charge is 0.139 e. The summed E-state index contributed by atoms with van der Waals surface area (Å²) in [5, 5.41) is 11.3. The summed E-state index contributed by atoms with van der Waals surface area (Å²) in [6.45, 7) is 9.81. The highest BCUT2D eigenvalue weighted by molar-refractivity contribution is 5.86. The van der Waals surface area contributed by atoms with Gasteiger partial charge in [-0.05, 0) is 33.0 Å². The van der Waals surface area contributed by atoms with Gasteiger partial charge >= 0.3 is 0 Å². The van der Waals surface area contributed by atoms with E-state index in [1.54, 1.807) is 6.07 Å². The third kappa shape index (κ3) is 2.78. The Labute approximate surface area is 126 Å². The van der Waals surface area contributed by atoms with Gasteiger partial charge in [0.05, 0.1) is 5.52 Å². The van der Waals surface area contributed by atoms with E-state index in [0.29, 0.717) is 11.8 Å². The van der Waals surface area contributed by atoms with Crippen molar-refractivity contribution >= 4 is 10.9 Å². The minimum atomic E-state index is 0.346. The Kier molecular flexibility index (Phi) is 3.91. The molecule has 1 N–H and O–H groups in total. The van der Waals surface area contributed by atoms with E-state index >= 15 is 0 Å². The van der Waals surface area contributed by atoms with Crippen molar-refractivity contribution in [3.05, 3.63) is 30.0 Å². The van der Waals surface area contributed by atoms with Crippen LogP contribution in [0, 0.1) is 0 Å². The van der Waals surface area contributed by atoms with Gasteiger partial charge in [0.25, 0.3) is 0 Å². The summed E-state index contributed by atoms with van der Waals surface area (Å²) in [5.74, 6) is 0.380. The van der Waals surface area contributed by atoms with Crippen LogP contribution in [0.1, 0.15) is 25.6 Å².